The van der Waals surface area contributed by atoms with Gasteiger partial charge in [-0.25, -0.2) is 0 Å². The second kappa shape index (κ2) is 3.50. The van der Waals surface area contributed by atoms with Crippen LogP contribution in [0, 0.1) is 29.7 Å². The van der Waals surface area contributed by atoms with Gasteiger partial charge in [-0.1, -0.05) is 20.3 Å². The van der Waals surface area contributed by atoms with Gasteiger partial charge in [0, 0.05) is 19.1 Å². The van der Waals surface area contributed by atoms with Gasteiger partial charge in [-0.3, -0.25) is 0 Å². The SMILES string of the molecule is C#CN1CCC2(CC2)C[C@H](C(C)C)C1. The monoisotopic (exact) mass is 191 g/mol. The fraction of sp³-hybridized carbons (Fsp3) is 0.846. The smallest absolute Gasteiger partial charge is 0.0291 e. The Hall–Kier alpha value is -0.640. The third kappa shape index (κ3) is 1.90. The van der Waals surface area contributed by atoms with Crippen molar-refractivity contribution in [2.24, 2.45) is 17.3 Å². The zero-order valence-corrected chi connectivity index (χ0v) is 9.42. The minimum absolute atomic E-state index is 0.709. The predicted octanol–water partition coefficient (Wildman–Crippen LogP) is 2.73. The molecule has 2 fully saturated rings. The normalized spacial score (nSPS) is 30.1. The Morgan fingerprint density at radius 2 is 2.07 bits per heavy atom. The fourth-order valence-electron chi connectivity index (χ4n) is 2.66. The van der Waals surface area contributed by atoms with Crippen LogP contribution in [0.25, 0.3) is 0 Å². The molecule has 1 nitrogen and oxygen atoms in total. The maximum Gasteiger partial charge on any atom is 0.0291 e. The lowest BCUT2D eigenvalue weighted by atomic mass is 9.84. The number of hydrogen-bond donors (Lipinski definition) is 0. The van der Waals surface area contributed by atoms with Gasteiger partial charge in [0.05, 0.1) is 0 Å². The van der Waals surface area contributed by atoms with Crippen LogP contribution in [-0.4, -0.2) is 18.0 Å². The molecule has 0 aromatic heterocycles. The Kier molecular flexibility index (Phi) is 2.47. The number of rotatable bonds is 1. The molecule has 1 saturated carbocycles. The number of likely N-dealkylation sites (tertiary alicyclic amines) is 1. The Morgan fingerprint density at radius 1 is 1.36 bits per heavy atom. The molecule has 0 aromatic carbocycles. The van der Waals surface area contributed by atoms with Crippen LogP contribution in [0.5, 0.6) is 0 Å². The molecule has 0 N–H and O–H groups in total. The molecule has 1 saturated heterocycles. The minimum atomic E-state index is 0.709. The molecule has 0 unspecified atom stereocenters. The van der Waals surface area contributed by atoms with E-state index in [-0.39, 0.29) is 0 Å². The van der Waals surface area contributed by atoms with Gasteiger partial charge in [-0.2, -0.15) is 0 Å². The van der Waals surface area contributed by atoms with Crippen LogP contribution < -0.4 is 0 Å². The summed E-state index contributed by atoms with van der Waals surface area (Å²) in [5.41, 5.74) is 0.709. The number of hydrogen-bond acceptors (Lipinski definition) is 1. The Morgan fingerprint density at radius 3 is 2.57 bits per heavy atom. The third-order valence-electron chi connectivity index (χ3n) is 4.14. The fourth-order valence-corrected chi connectivity index (χ4v) is 2.66. The molecule has 1 heteroatoms. The van der Waals surface area contributed by atoms with Crippen LogP contribution in [0.1, 0.15) is 39.5 Å². The van der Waals surface area contributed by atoms with Crippen molar-refractivity contribution in [3.63, 3.8) is 0 Å². The highest BCUT2D eigenvalue weighted by atomic mass is 15.1. The summed E-state index contributed by atoms with van der Waals surface area (Å²) in [5.74, 6) is 1.59. The molecule has 14 heavy (non-hydrogen) atoms. The molecule has 0 amide bonds. The molecule has 2 aliphatic rings. The molecule has 1 spiro atoms. The first-order valence-corrected chi connectivity index (χ1v) is 5.86. The van der Waals surface area contributed by atoms with Gasteiger partial charge in [-0.15, -0.1) is 0 Å². The van der Waals surface area contributed by atoms with E-state index < -0.39 is 0 Å². The van der Waals surface area contributed by atoms with E-state index in [9.17, 15) is 0 Å². The summed E-state index contributed by atoms with van der Waals surface area (Å²) in [6.07, 6.45) is 11.2. The molecule has 0 radical (unpaired) electrons. The van der Waals surface area contributed by atoms with Crippen LogP contribution in [-0.2, 0) is 0 Å². The minimum Gasteiger partial charge on any atom is -0.333 e. The molecular weight excluding hydrogens is 170 g/mol. The van der Waals surface area contributed by atoms with Gasteiger partial charge in [0.25, 0.3) is 0 Å². The molecule has 1 aliphatic heterocycles. The topological polar surface area (TPSA) is 3.24 Å². The molecule has 78 valence electrons. The van der Waals surface area contributed by atoms with E-state index in [4.69, 9.17) is 6.42 Å². The first-order chi connectivity index (χ1) is 6.65. The van der Waals surface area contributed by atoms with Gasteiger partial charge >= 0.3 is 0 Å². The van der Waals surface area contributed by atoms with E-state index in [0.29, 0.717) is 5.41 Å². The summed E-state index contributed by atoms with van der Waals surface area (Å²) in [4.78, 5) is 2.19. The second-order valence-corrected chi connectivity index (χ2v) is 5.53. The zero-order valence-electron chi connectivity index (χ0n) is 9.42. The van der Waals surface area contributed by atoms with E-state index in [1.54, 1.807) is 0 Å². The molecule has 1 aliphatic carbocycles. The quantitative estimate of drug-likeness (QED) is 0.576. The Labute approximate surface area is 87.9 Å². The van der Waals surface area contributed by atoms with E-state index in [2.05, 4.69) is 24.8 Å². The standard InChI is InChI=1S/C13H21N/c1-4-14-8-7-13(5-6-13)9-12(10-14)11(2)3/h1,11-12H,5-10H2,2-3H3/t12-/m0/s1. The summed E-state index contributed by atoms with van der Waals surface area (Å²) >= 11 is 0. The van der Waals surface area contributed by atoms with Crippen molar-refractivity contribution in [2.45, 2.75) is 39.5 Å². The molecule has 1 heterocycles. The van der Waals surface area contributed by atoms with Crippen molar-refractivity contribution in [3.05, 3.63) is 0 Å². The van der Waals surface area contributed by atoms with Gasteiger partial charge in [-0.05, 0) is 42.9 Å². The first kappa shape index (κ1) is 9.90. The third-order valence-corrected chi connectivity index (χ3v) is 4.14. The van der Waals surface area contributed by atoms with Crippen LogP contribution in [0.4, 0.5) is 0 Å². The maximum absolute atomic E-state index is 5.52. The van der Waals surface area contributed by atoms with Gasteiger partial charge in [0.1, 0.15) is 0 Å². The van der Waals surface area contributed by atoms with Crippen molar-refractivity contribution >= 4 is 0 Å². The summed E-state index contributed by atoms with van der Waals surface area (Å²) in [5, 5.41) is 0. The maximum atomic E-state index is 5.52. The lowest BCUT2D eigenvalue weighted by Crippen LogP contribution is -2.26. The van der Waals surface area contributed by atoms with Crippen molar-refractivity contribution in [2.75, 3.05) is 13.1 Å². The largest absolute Gasteiger partial charge is 0.333 e. The molecular formula is C13H21N. The average molecular weight is 191 g/mol. The molecule has 1 atom stereocenters. The molecule has 0 bridgehead atoms. The second-order valence-electron chi connectivity index (χ2n) is 5.53. The molecule has 2 rings (SSSR count). The first-order valence-electron chi connectivity index (χ1n) is 5.86. The summed E-state index contributed by atoms with van der Waals surface area (Å²) < 4.78 is 0. The van der Waals surface area contributed by atoms with E-state index in [1.165, 1.54) is 25.7 Å². The summed E-state index contributed by atoms with van der Waals surface area (Å²) in [6.45, 7) is 6.91. The average Bonchev–Trinajstić information content (AvgIpc) is 2.93. The van der Waals surface area contributed by atoms with Gasteiger partial charge in [0.2, 0.25) is 0 Å². The van der Waals surface area contributed by atoms with E-state index in [0.717, 1.165) is 24.9 Å². The molecule has 0 aromatic rings. The lowest BCUT2D eigenvalue weighted by Gasteiger charge is -2.24. The number of nitrogens with zero attached hydrogens (tertiary/aromatic N) is 1. The van der Waals surface area contributed by atoms with Crippen LogP contribution in [0.15, 0.2) is 0 Å². The van der Waals surface area contributed by atoms with Crippen LogP contribution in [0.2, 0.25) is 0 Å². The Bertz CT molecular complexity index is 244. The van der Waals surface area contributed by atoms with E-state index in [1.807, 2.05) is 0 Å². The zero-order chi connectivity index (χ0) is 10.2. The van der Waals surface area contributed by atoms with Crippen molar-refractivity contribution in [1.29, 1.82) is 0 Å². The highest BCUT2D eigenvalue weighted by Gasteiger charge is 2.45. The van der Waals surface area contributed by atoms with Gasteiger partial charge in [0.15, 0.2) is 0 Å². The van der Waals surface area contributed by atoms with E-state index >= 15 is 0 Å². The summed E-state index contributed by atoms with van der Waals surface area (Å²) in [6, 6.07) is 2.83. The van der Waals surface area contributed by atoms with Crippen molar-refractivity contribution < 1.29 is 0 Å². The Balaban J connectivity index is 2.05. The van der Waals surface area contributed by atoms with Gasteiger partial charge < -0.3 is 4.90 Å². The van der Waals surface area contributed by atoms with Crippen molar-refractivity contribution in [1.82, 2.24) is 4.90 Å². The van der Waals surface area contributed by atoms with Crippen molar-refractivity contribution in [3.8, 4) is 12.5 Å². The summed E-state index contributed by atoms with van der Waals surface area (Å²) in [7, 11) is 0. The van der Waals surface area contributed by atoms with Crippen LogP contribution in [0.3, 0.4) is 0 Å². The number of terminal acetylenes is 1. The predicted molar refractivity (Wildman–Crippen MR) is 59.6 cm³/mol. The highest BCUT2D eigenvalue weighted by molar-refractivity contribution is 5.00. The highest BCUT2D eigenvalue weighted by Crippen LogP contribution is 2.55. The lowest BCUT2D eigenvalue weighted by molar-refractivity contribution is 0.270. The van der Waals surface area contributed by atoms with Crippen LogP contribution >= 0.6 is 0 Å².